The zero-order chi connectivity index (χ0) is 12.6. The molecule has 2 atom stereocenters. The number of carboxylic acids is 1. The van der Waals surface area contributed by atoms with Crippen LogP contribution in [0.4, 0.5) is 0 Å². The van der Waals surface area contributed by atoms with E-state index in [0.29, 0.717) is 18.7 Å². The molecular weight excluding hydrogens is 228 g/mol. The van der Waals surface area contributed by atoms with Crippen LogP contribution in [0.2, 0.25) is 0 Å². The molecule has 0 aromatic carbocycles. The number of carbonyl (C=O) groups is 2. The Bertz CT molecular complexity index is 236. The fraction of sp³-hybridized carbons (Fsp3) is 0.800. The van der Waals surface area contributed by atoms with Crippen molar-refractivity contribution >= 4 is 23.6 Å². The number of hydrogen-bond donors (Lipinski definition) is 3. The lowest BCUT2D eigenvalue weighted by Gasteiger charge is -2.15. The van der Waals surface area contributed by atoms with Gasteiger partial charge in [0, 0.05) is 6.42 Å². The fourth-order valence-corrected chi connectivity index (χ4v) is 1.62. The second-order valence-corrected chi connectivity index (χ2v) is 4.77. The van der Waals surface area contributed by atoms with Crippen LogP contribution in [0.5, 0.6) is 0 Å². The maximum absolute atomic E-state index is 11.5. The fourth-order valence-electron chi connectivity index (χ4n) is 1.15. The molecule has 1 amide bonds. The van der Waals surface area contributed by atoms with Crippen LogP contribution in [0.15, 0.2) is 0 Å². The van der Waals surface area contributed by atoms with Gasteiger partial charge in [0.1, 0.15) is 6.04 Å². The average molecular weight is 248 g/mol. The summed E-state index contributed by atoms with van der Waals surface area (Å²) in [6.45, 7) is 2.28. The molecule has 4 N–H and O–H groups in total. The number of aliphatic carboxylic acids is 1. The number of nitrogens with one attached hydrogen (secondary N) is 1. The highest BCUT2D eigenvalue weighted by atomic mass is 32.2. The summed E-state index contributed by atoms with van der Waals surface area (Å²) in [6, 6.07) is -0.787. The van der Waals surface area contributed by atoms with Crippen LogP contribution < -0.4 is 11.1 Å². The molecular formula is C10H20N2O3S. The van der Waals surface area contributed by atoms with Gasteiger partial charge < -0.3 is 16.2 Å². The summed E-state index contributed by atoms with van der Waals surface area (Å²) >= 11 is 1.56. The minimum atomic E-state index is -0.984. The molecule has 0 saturated heterocycles. The predicted octanol–water partition coefficient (Wildman–Crippen LogP) is 0.294. The summed E-state index contributed by atoms with van der Waals surface area (Å²) in [7, 11) is 0. The zero-order valence-electron chi connectivity index (χ0n) is 9.73. The van der Waals surface area contributed by atoms with Crippen molar-refractivity contribution in [3.8, 4) is 0 Å². The molecule has 0 aliphatic heterocycles. The van der Waals surface area contributed by atoms with Crippen molar-refractivity contribution in [2.75, 3.05) is 18.6 Å². The number of thioether (sulfide) groups is 1. The van der Waals surface area contributed by atoms with Crippen molar-refractivity contribution in [3.05, 3.63) is 0 Å². The molecule has 0 rings (SSSR count). The standard InChI is InChI=1S/C10H20N2O3S/c1-7(6-11)5-9(13)12-8(10(14)15)3-4-16-2/h7-8H,3-6,11H2,1-2H3,(H,12,13)(H,14,15). The molecule has 5 nitrogen and oxygen atoms in total. The van der Waals surface area contributed by atoms with E-state index in [1.165, 1.54) is 0 Å². The number of carboxylic acid groups (broad SMARTS) is 1. The molecule has 0 aromatic rings. The van der Waals surface area contributed by atoms with Gasteiger partial charge in [-0.2, -0.15) is 11.8 Å². The average Bonchev–Trinajstić information content (AvgIpc) is 2.23. The molecule has 0 radical (unpaired) electrons. The smallest absolute Gasteiger partial charge is 0.326 e. The van der Waals surface area contributed by atoms with Gasteiger partial charge in [0.2, 0.25) is 5.91 Å². The molecule has 0 aromatic heterocycles. The maximum atomic E-state index is 11.5. The van der Waals surface area contributed by atoms with Gasteiger partial charge in [-0.3, -0.25) is 4.79 Å². The van der Waals surface area contributed by atoms with Crippen LogP contribution in [0.1, 0.15) is 19.8 Å². The summed E-state index contributed by atoms with van der Waals surface area (Å²) in [5.41, 5.74) is 5.39. The molecule has 0 aliphatic rings. The van der Waals surface area contributed by atoms with Gasteiger partial charge in [0.15, 0.2) is 0 Å². The first kappa shape index (κ1) is 15.2. The van der Waals surface area contributed by atoms with Gasteiger partial charge in [-0.05, 0) is 30.9 Å². The third-order valence-corrected chi connectivity index (χ3v) is 2.82. The SMILES string of the molecule is CSCCC(NC(=O)CC(C)CN)C(=O)O. The van der Waals surface area contributed by atoms with Crippen LogP contribution in [0.3, 0.4) is 0 Å². The first-order valence-electron chi connectivity index (χ1n) is 5.22. The van der Waals surface area contributed by atoms with E-state index in [0.717, 1.165) is 0 Å². The maximum Gasteiger partial charge on any atom is 0.326 e. The van der Waals surface area contributed by atoms with Gasteiger partial charge in [0.05, 0.1) is 0 Å². The number of rotatable bonds is 8. The molecule has 0 spiro atoms. The molecule has 0 fully saturated rings. The first-order valence-corrected chi connectivity index (χ1v) is 6.61. The minimum absolute atomic E-state index is 0.0787. The van der Waals surface area contributed by atoms with Gasteiger partial charge in [-0.15, -0.1) is 0 Å². The van der Waals surface area contributed by atoms with Gasteiger partial charge >= 0.3 is 5.97 Å². The zero-order valence-corrected chi connectivity index (χ0v) is 10.5. The topological polar surface area (TPSA) is 92.4 Å². The van der Waals surface area contributed by atoms with Gasteiger partial charge in [0.25, 0.3) is 0 Å². The van der Waals surface area contributed by atoms with E-state index in [2.05, 4.69) is 5.32 Å². The van der Waals surface area contributed by atoms with Gasteiger partial charge in [-0.25, -0.2) is 4.79 Å². The third kappa shape index (κ3) is 6.68. The number of carbonyl (C=O) groups excluding carboxylic acids is 1. The highest BCUT2D eigenvalue weighted by Gasteiger charge is 2.19. The molecule has 2 unspecified atom stereocenters. The highest BCUT2D eigenvalue weighted by Crippen LogP contribution is 2.03. The molecule has 6 heteroatoms. The van der Waals surface area contributed by atoms with Crippen LogP contribution in [0, 0.1) is 5.92 Å². The van der Waals surface area contributed by atoms with Crippen molar-refractivity contribution < 1.29 is 14.7 Å². The Morgan fingerprint density at radius 2 is 2.12 bits per heavy atom. The van der Waals surface area contributed by atoms with Crippen molar-refractivity contribution in [1.29, 1.82) is 0 Å². The van der Waals surface area contributed by atoms with Crippen molar-refractivity contribution in [1.82, 2.24) is 5.32 Å². The molecule has 0 heterocycles. The molecule has 0 saturated carbocycles. The Morgan fingerprint density at radius 1 is 1.50 bits per heavy atom. The van der Waals surface area contributed by atoms with E-state index in [-0.39, 0.29) is 18.2 Å². The second kappa shape index (κ2) is 8.41. The van der Waals surface area contributed by atoms with E-state index >= 15 is 0 Å². The van der Waals surface area contributed by atoms with E-state index in [1.807, 2.05) is 13.2 Å². The van der Waals surface area contributed by atoms with E-state index in [4.69, 9.17) is 10.8 Å². The molecule has 94 valence electrons. The molecule has 0 bridgehead atoms. The largest absolute Gasteiger partial charge is 0.480 e. The Labute approximate surface area is 100 Å². The lowest BCUT2D eigenvalue weighted by atomic mass is 10.1. The molecule has 0 aliphatic carbocycles. The van der Waals surface area contributed by atoms with E-state index in [9.17, 15) is 9.59 Å². The van der Waals surface area contributed by atoms with E-state index in [1.54, 1.807) is 11.8 Å². The molecule has 16 heavy (non-hydrogen) atoms. The lowest BCUT2D eigenvalue weighted by Crippen LogP contribution is -2.42. The summed E-state index contributed by atoms with van der Waals surface area (Å²) < 4.78 is 0. The first-order chi connectivity index (χ1) is 7.51. The summed E-state index contributed by atoms with van der Waals surface area (Å²) in [5.74, 6) is -0.437. The van der Waals surface area contributed by atoms with Gasteiger partial charge in [-0.1, -0.05) is 6.92 Å². The van der Waals surface area contributed by atoms with E-state index < -0.39 is 12.0 Å². The normalized spacial score (nSPS) is 14.2. The number of amides is 1. The number of hydrogen-bond acceptors (Lipinski definition) is 4. The quantitative estimate of drug-likeness (QED) is 0.574. The van der Waals surface area contributed by atoms with Crippen molar-refractivity contribution in [2.45, 2.75) is 25.8 Å². The highest BCUT2D eigenvalue weighted by molar-refractivity contribution is 7.98. The summed E-state index contributed by atoms with van der Waals surface area (Å²) in [6.07, 6.45) is 2.62. The predicted molar refractivity (Wildman–Crippen MR) is 65.4 cm³/mol. The number of nitrogens with two attached hydrogens (primary N) is 1. The Kier molecular flexibility index (Phi) is 8.01. The minimum Gasteiger partial charge on any atom is -0.480 e. The third-order valence-electron chi connectivity index (χ3n) is 2.18. The van der Waals surface area contributed by atoms with Crippen LogP contribution >= 0.6 is 11.8 Å². The van der Waals surface area contributed by atoms with Crippen LogP contribution in [-0.2, 0) is 9.59 Å². The lowest BCUT2D eigenvalue weighted by molar-refractivity contribution is -0.142. The van der Waals surface area contributed by atoms with Crippen molar-refractivity contribution in [3.63, 3.8) is 0 Å². The Hall–Kier alpha value is -0.750. The second-order valence-electron chi connectivity index (χ2n) is 3.78. The Morgan fingerprint density at radius 3 is 2.56 bits per heavy atom. The Balaban J connectivity index is 4.07. The van der Waals surface area contributed by atoms with Crippen LogP contribution in [-0.4, -0.2) is 41.6 Å². The monoisotopic (exact) mass is 248 g/mol. The van der Waals surface area contributed by atoms with Crippen molar-refractivity contribution in [2.24, 2.45) is 11.7 Å². The van der Waals surface area contributed by atoms with Crippen LogP contribution in [0.25, 0.3) is 0 Å². The summed E-state index contributed by atoms with van der Waals surface area (Å²) in [4.78, 5) is 22.3. The summed E-state index contributed by atoms with van der Waals surface area (Å²) in [5, 5.41) is 11.4.